The Morgan fingerprint density at radius 2 is 0.660 bits per heavy atom. The molecule has 0 aromatic heterocycles. The van der Waals surface area contributed by atoms with E-state index in [0.717, 1.165) is 89.9 Å². The van der Waals surface area contributed by atoms with Crippen LogP contribution in [0.5, 0.6) is 0 Å². The molecule has 94 heavy (non-hydrogen) atoms. The van der Waals surface area contributed by atoms with E-state index in [1.54, 1.807) is 6.08 Å². The number of hydrogen-bond donors (Lipinski definition) is 6. The highest BCUT2D eigenvalue weighted by Crippen LogP contribution is 2.24. The molecule has 544 valence electrons. The van der Waals surface area contributed by atoms with Crippen LogP contribution in [0.15, 0.2) is 109 Å². The summed E-state index contributed by atoms with van der Waals surface area (Å²) in [7, 11) is 0. The Morgan fingerprint density at radius 3 is 0.979 bits per heavy atom. The molecular formula is C85H151NO8. The molecule has 0 saturated carbocycles. The fraction of sp³-hybridized carbons (Fsp3) is 0.776. The molecule has 1 fully saturated rings. The molecule has 1 amide bonds. The highest BCUT2D eigenvalue weighted by molar-refractivity contribution is 5.76. The highest BCUT2D eigenvalue weighted by atomic mass is 16.7. The molecule has 1 saturated heterocycles. The van der Waals surface area contributed by atoms with Gasteiger partial charge in [-0.1, -0.05) is 386 Å². The average molecular weight is 1320 g/mol. The van der Waals surface area contributed by atoms with Crippen molar-refractivity contribution in [3.8, 4) is 0 Å². The van der Waals surface area contributed by atoms with Gasteiger partial charge in [-0.2, -0.15) is 0 Å². The molecule has 9 heteroatoms. The van der Waals surface area contributed by atoms with Crippen molar-refractivity contribution in [1.82, 2.24) is 5.32 Å². The lowest BCUT2D eigenvalue weighted by molar-refractivity contribution is -0.302. The number of ether oxygens (including phenoxy) is 2. The Balaban J connectivity index is 2.09. The number of aliphatic hydroxyl groups excluding tert-OH is 5. The maximum Gasteiger partial charge on any atom is 0.220 e. The second-order valence-corrected chi connectivity index (χ2v) is 27.5. The summed E-state index contributed by atoms with van der Waals surface area (Å²) in [6.45, 7) is 3.71. The van der Waals surface area contributed by atoms with Gasteiger partial charge in [0.05, 0.1) is 25.4 Å². The number of allylic oxidation sites excluding steroid dienone is 17. The number of carbonyl (C=O) groups is 1. The van der Waals surface area contributed by atoms with Crippen molar-refractivity contribution in [2.75, 3.05) is 13.2 Å². The second kappa shape index (κ2) is 72.6. The standard InChI is InChI=1S/C85H151NO8/c1-3-5-7-9-11-13-15-17-19-21-23-25-27-29-31-33-35-37-38-39-40-41-42-43-45-47-49-51-53-55-57-59-61-63-65-67-69-71-73-75-81(89)86-78(77-93-85-84(92)83(91)82(90)80(76-87)94-85)79(88)74-72-70-68-66-64-62-60-58-56-54-52-50-48-46-44-36-34-32-30-28-26-24-22-20-18-16-14-12-10-8-6-4-2/h5,7,11,13,17,19,23,25,29,31,35,37,39-40,42-43,72,74,78-80,82-85,87-88,90-92H,3-4,6,8-10,12,14-16,18,20-22,24,26-28,30,32-34,36,38,41,44-71,73,75-77H2,1-2H3,(H,86,89)/b7-5-,13-11-,19-17-,25-23-,31-29-,37-35-,40-39-,43-42-,74-72+. The summed E-state index contributed by atoms with van der Waals surface area (Å²) in [6, 6.07) is -0.813. The second-order valence-electron chi connectivity index (χ2n) is 27.5. The lowest BCUT2D eigenvalue weighted by Gasteiger charge is -2.40. The van der Waals surface area contributed by atoms with Crippen LogP contribution in [0.2, 0.25) is 0 Å². The number of nitrogens with one attached hydrogen (secondary N) is 1. The minimum atomic E-state index is -1.57. The first-order valence-corrected chi connectivity index (χ1v) is 40.1. The number of unbranched alkanes of at least 4 members (excludes halogenated alkanes) is 44. The predicted octanol–water partition coefficient (Wildman–Crippen LogP) is 23.1. The molecule has 0 aliphatic carbocycles. The van der Waals surface area contributed by atoms with Gasteiger partial charge < -0.3 is 40.3 Å². The molecule has 7 unspecified atom stereocenters. The lowest BCUT2D eigenvalue weighted by Crippen LogP contribution is -2.60. The van der Waals surface area contributed by atoms with Crippen molar-refractivity contribution in [2.45, 2.75) is 410 Å². The van der Waals surface area contributed by atoms with Crippen molar-refractivity contribution >= 4 is 5.91 Å². The monoisotopic (exact) mass is 1310 g/mol. The van der Waals surface area contributed by atoms with Gasteiger partial charge in [0.15, 0.2) is 6.29 Å². The van der Waals surface area contributed by atoms with Crippen LogP contribution < -0.4 is 5.32 Å². The van der Waals surface area contributed by atoms with Crippen LogP contribution in [-0.2, 0) is 14.3 Å². The maximum atomic E-state index is 13.2. The number of aliphatic hydroxyl groups is 5. The number of hydrogen-bond acceptors (Lipinski definition) is 8. The summed E-state index contributed by atoms with van der Waals surface area (Å²) in [5.41, 5.74) is 0. The molecule has 0 spiro atoms. The molecule has 0 bridgehead atoms. The average Bonchev–Trinajstić information content (AvgIpc) is 0.829. The number of carbonyl (C=O) groups excluding carboxylic acids is 1. The molecule has 1 aliphatic rings. The SMILES string of the molecule is CC/C=C\C/C=C\C/C=C\C/C=C\C/C=C\C/C=C\C/C=C\C/C=C\CCCCCCCCCCCCCCCCC(=O)NC(COC1OC(CO)C(O)C(O)C1O)C(O)/C=C/CCCCCCCCCCCCCCCCCCCCCCCCCCCCCCCC. The predicted molar refractivity (Wildman–Crippen MR) is 405 cm³/mol. The highest BCUT2D eigenvalue weighted by Gasteiger charge is 2.44. The summed E-state index contributed by atoms with van der Waals surface area (Å²) in [5, 5.41) is 54.9. The molecule has 6 N–H and O–H groups in total. The van der Waals surface area contributed by atoms with Gasteiger partial charge in [-0.05, 0) is 83.5 Å². The smallest absolute Gasteiger partial charge is 0.220 e. The minimum Gasteiger partial charge on any atom is -0.394 e. The third kappa shape index (κ3) is 60.1. The zero-order valence-corrected chi connectivity index (χ0v) is 61.2. The van der Waals surface area contributed by atoms with Gasteiger partial charge in [0, 0.05) is 6.42 Å². The zero-order valence-electron chi connectivity index (χ0n) is 61.2. The van der Waals surface area contributed by atoms with Gasteiger partial charge in [-0.25, -0.2) is 0 Å². The first-order valence-electron chi connectivity index (χ1n) is 40.1. The van der Waals surface area contributed by atoms with Crippen LogP contribution in [-0.4, -0.2) is 87.5 Å². The van der Waals surface area contributed by atoms with E-state index >= 15 is 0 Å². The summed E-state index contributed by atoms with van der Waals surface area (Å²) in [4.78, 5) is 13.2. The van der Waals surface area contributed by atoms with Crippen molar-refractivity contribution in [3.05, 3.63) is 109 Å². The van der Waals surface area contributed by atoms with Crippen LogP contribution in [0.25, 0.3) is 0 Å². The van der Waals surface area contributed by atoms with Crippen LogP contribution in [0.4, 0.5) is 0 Å². The zero-order chi connectivity index (χ0) is 67.8. The lowest BCUT2D eigenvalue weighted by atomic mass is 9.99. The number of amides is 1. The summed E-state index contributed by atoms with van der Waals surface area (Å²) < 4.78 is 11.3. The van der Waals surface area contributed by atoms with Crippen molar-refractivity contribution in [3.63, 3.8) is 0 Å². The molecule has 1 rings (SSSR count). The van der Waals surface area contributed by atoms with E-state index in [-0.39, 0.29) is 12.5 Å². The quantitative estimate of drug-likeness (QED) is 0.0261. The Hall–Kier alpha value is -3.15. The summed E-state index contributed by atoms with van der Waals surface area (Å²) >= 11 is 0. The van der Waals surface area contributed by atoms with E-state index in [0.29, 0.717) is 6.42 Å². The van der Waals surface area contributed by atoms with Gasteiger partial charge in [-0.3, -0.25) is 4.79 Å². The van der Waals surface area contributed by atoms with E-state index in [1.165, 1.54) is 257 Å². The summed E-state index contributed by atoms with van der Waals surface area (Å²) in [6.07, 6.45) is 101. The van der Waals surface area contributed by atoms with Gasteiger partial charge in [0.25, 0.3) is 0 Å². The van der Waals surface area contributed by atoms with Gasteiger partial charge >= 0.3 is 0 Å². The fourth-order valence-electron chi connectivity index (χ4n) is 12.4. The van der Waals surface area contributed by atoms with Crippen LogP contribution in [0, 0.1) is 0 Å². The molecule has 0 aromatic rings. The van der Waals surface area contributed by atoms with Crippen molar-refractivity contribution in [2.24, 2.45) is 0 Å². The van der Waals surface area contributed by atoms with Crippen LogP contribution in [0.3, 0.4) is 0 Å². The molecular weight excluding hydrogens is 1160 g/mol. The maximum absolute atomic E-state index is 13.2. The molecule has 1 aliphatic heterocycles. The molecule has 7 atom stereocenters. The van der Waals surface area contributed by atoms with Crippen molar-refractivity contribution in [1.29, 1.82) is 0 Å². The Bertz CT molecular complexity index is 1870. The van der Waals surface area contributed by atoms with Crippen LogP contribution >= 0.6 is 0 Å². The molecule has 0 radical (unpaired) electrons. The summed E-state index contributed by atoms with van der Waals surface area (Å²) in [5.74, 6) is -0.176. The van der Waals surface area contributed by atoms with E-state index < -0.39 is 49.5 Å². The third-order valence-corrected chi connectivity index (χ3v) is 18.6. The Morgan fingerprint density at radius 1 is 0.372 bits per heavy atom. The molecule has 9 nitrogen and oxygen atoms in total. The van der Waals surface area contributed by atoms with Crippen molar-refractivity contribution < 1.29 is 39.8 Å². The molecule has 0 aromatic carbocycles. The van der Waals surface area contributed by atoms with E-state index in [4.69, 9.17) is 9.47 Å². The Kier molecular flexibility index (Phi) is 68.6. The van der Waals surface area contributed by atoms with Crippen LogP contribution in [0.1, 0.15) is 367 Å². The van der Waals surface area contributed by atoms with Gasteiger partial charge in [0.1, 0.15) is 24.4 Å². The third-order valence-electron chi connectivity index (χ3n) is 18.6. The first kappa shape index (κ1) is 88.9. The number of rotatable bonds is 70. The first-order chi connectivity index (χ1) is 46.3. The topological polar surface area (TPSA) is 149 Å². The fourth-order valence-corrected chi connectivity index (χ4v) is 12.4. The van der Waals surface area contributed by atoms with Gasteiger partial charge in [-0.15, -0.1) is 0 Å². The van der Waals surface area contributed by atoms with E-state index in [1.807, 2.05) is 6.08 Å². The van der Waals surface area contributed by atoms with Gasteiger partial charge in [0.2, 0.25) is 5.91 Å². The van der Waals surface area contributed by atoms with E-state index in [9.17, 15) is 30.3 Å². The normalized spacial score (nSPS) is 18.1. The van der Waals surface area contributed by atoms with E-state index in [2.05, 4.69) is 116 Å². The Labute approximate surface area is 580 Å². The minimum absolute atomic E-state index is 0.176. The molecule has 1 heterocycles. The largest absolute Gasteiger partial charge is 0.394 e.